The summed E-state index contributed by atoms with van der Waals surface area (Å²) in [6, 6.07) is 17.9. The van der Waals surface area contributed by atoms with Crippen molar-refractivity contribution in [1.82, 2.24) is 14.8 Å². The van der Waals surface area contributed by atoms with Gasteiger partial charge >= 0.3 is 0 Å². The third-order valence-electron chi connectivity index (χ3n) is 5.04. The Bertz CT molecular complexity index is 932. The standard InChI is InChI=1S/C23H25N3O2S/c1-18-17-29-22(24-18)16-28-21-9-7-20(8-10-21)23(27)26-13-11-25(12-14-26)15-19-5-3-2-4-6-19/h2-10,17H,11-16H2,1H3. The maximum absolute atomic E-state index is 12.8. The maximum atomic E-state index is 12.8. The Morgan fingerprint density at radius 3 is 2.41 bits per heavy atom. The molecule has 0 radical (unpaired) electrons. The van der Waals surface area contributed by atoms with Crippen LogP contribution in [0.25, 0.3) is 0 Å². The molecular weight excluding hydrogens is 382 g/mol. The Morgan fingerprint density at radius 1 is 1.03 bits per heavy atom. The van der Waals surface area contributed by atoms with Crippen LogP contribution in [0.1, 0.15) is 26.6 Å². The summed E-state index contributed by atoms with van der Waals surface area (Å²) in [5, 5.41) is 2.97. The van der Waals surface area contributed by atoms with Gasteiger partial charge in [0.2, 0.25) is 0 Å². The van der Waals surface area contributed by atoms with Gasteiger partial charge in [0.1, 0.15) is 17.4 Å². The first kappa shape index (κ1) is 19.6. The van der Waals surface area contributed by atoms with Crippen LogP contribution in [0, 0.1) is 6.92 Å². The fourth-order valence-electron chi connectivity index (χ4n) is 3.44. The van der Waals surface area contributed by atoms with Crippen molar-refractivity contribution in [1.29, 1.82) is 0 Å². The van der Waals surface area contributed by atoms with Gasteiger partial charge in [-0.2, -0.15) is 0 Å². The topological polar surface area (TPSA) is 45.7 Å². The summed E-state index contributed by atoms with van der Waals surface area (Å²) >= 11 is 1.60. The number of thiazole rings is 1. The minimum Gasteiger partial charge on any atom is -0.486 e. The van der Waals surface area contributed by atoms with Gasteiger partial charge in [-0.05, 0) is 36.8 Å². The summed E-state index contributed by atoms with van der Waals surface area (Å²) in [5.41, 5.74) is 3.04. The molecule has 0 spiro atoms. The lowest BCUT2D eigenvalue weighted by molar-refractivity contribution is 0.0628. The minimum absolute atomic E-state index is 0.0893. The Morgan fingerprint density at radius 2 is 1.76 bits per heavy atom. The molecule has 0 unspecified atom stereocenters. The van der Waals surface area contributed by atoms with Crippen molar-refractivity contribution in [2.45, 2.75) is 20.1 Å². The van der Waals surface area contributed by atoms with E-state index in [1.165, 1.54) is 5.56 Å². The van der Waals surface area contributed by atoms with Crippen LogP contribution < -0.4 is 4.74 Å². The summed E-state index contributed by atoms with van der Waals surface area (Å²) in [6.07, 6.45) is 0. The maximum Gasteiger partial charge on any atom is 0.253 e. The summed E-state index contributed by atoms with van der Waals surface area (Å²) < 4.78 is 5.77. The van der Waals surface area contributed by atoms with E-state index in [9.17, 15) is 4.79 Å². The quantitative estimate of drug-likeness (QED) is 0.620. The van der Waals surface area contributed by atoms with Crippen molar-refractivity contribution in [3.05, 3.63) is 81.8 Å². The SMILES string of the molecule is Cc1csc(COc2ccc(C(=O)N3CCN(Cc4ccccc4)CC3)cc2)n1. The lowest BCUT2D eigenvalue weighted by atomic mass is 10.1. The smallest absolute Gasteiger partial charge is 0.253 e. The van der Waals surface area contributed by atoms with E-state index in [-0.39, 0.29) is 5.91 Å². The van der Waals surface area contributed by atoms with Crippen molar-refractivity contribution in [3.8, 4) is 5.75 Å². The highest BCUT2D eigenvalue weighted by atomic mass is 32.1. The first-order valence-corrected chi connectivity index (χ1v) is 10.7. The molecule has 1 fully saturated rings. The fourth-order valence-corrected chi connectivity index (χ4v) is 4.12. The molecule has 6 heteroatoms. The van der Waals surface area contributed by atoms with Gasteiger partial charge in [-0.25, -0.2) is 4.98 Å². The van der Waals surface area contributed by atoms with Crippen molar-refractivity contribution >= 4 is 17.2 Å². The zero-order valence-electron chi connectivity index (χ0n) is 16.6. The van der Waals surface area contributed by atoms with Crippen molar-refractivity contribution < 1.29 is 9.53 Å². The largest absolute Gasteiger partial charge is 0.486 e. The van der Waals surface area contributed by atoms with Crippen LogP contribution in [0.3, 0.4) is 0 Å². The number of benzene rings is 2. The molecule has 0 aliphatic carbocycles. The van der Waals surface area contributed by atoms with E-state index in [2.05, 4.69) is 34.1 Å². The van der Waals surface area contributed by atoms with Crippen LogP contribution in [-0.4, -0.2) is 46.9 Å². The van der Waals surface area contributed by atoms with E-state index in [1.807, 2.05) is 47.5 Å². The van der Waals surface area contributed by atoms with Gasteiger partial charge in [-0.1, -0.05) is 30.3 Å². The third-order valence-corrected chi connectivity index (χ3v) is 5.98. The minimum atomic E-state index is 0.0893. The normalized spacial score (nSPS) is 14.7. The lowest BCUT2D eigenvalue weighted by Crippen LogP contribution is -2.48. The number of piperazine rings is 1. The third kappa shape index (κ3) is 5.22. The highest BCUT2D eigenvalue weighted by Gasteiger charge is 2.22. The molecule has 29 heavy (non-hydrogen) atoms. The van der Waals surface area contributed by atoms with Gasteiger partial charge < -0.3 is 9.64 Å². The van der Waals surface area contributed by atoms with Crippen molar-refractivity contribution in [2.75, 3.05) is 26.2 Å². The van der Waals surface area contributed by atoms with E-state index < -0.39 is 0 Å². The number of aryl methyl sites for hydroxylation is 1. The number of nitrogens with zero attached hydrogens (tertiary/aromatic N) is 3. The van der Waals surface area contributed by atoms with Gasteiger partial charge in [0.05, 0.1) is 0 Å². The van der Waals surface area contributed by atoms with Gasteiger partial charge in [0.25, 0.3) is 5.91 Å². The Labute approximate surface area is 175 Å². The average Bonchev–Trinajstić information content (AvgIpc) is 3.19. The van der Waals surface area contributed by atoms with Gasteiger partial charge in [0.15, 0.2) is 0 Å². The number of amides is 1. The number of ether oxygens (including phenoxy) is 1. The molecule has 5 nitrogen and oxygen atoms in total. The number of hydrogen-bond donors (Lipinski definition) is 0. The Kier molecular flexibility index (Phi) is 6.22. The van der Waals surface area contributed by atoms with Crippen LogP contribution in [0.15, 0.2) is 60.0 Å². The van der Waals surface area contributed by atoms with Gasteiger partial charge in [-0.15, -0.1) is 11.3 Å². The second-order valence-electron chi connectivity index (χ2n) is 7.25. The molecule has 0 bridgehead atoms. The second kappa shape index (κ2) is 9.20. The lowest BCUT2D eigenvalue weighted by Gasteiger charge is -2.34. The first-order chi connectivity index (χ1) is 14.2. The van der Waals surface area contributed by atoms with E-state index in [0.29, 0.717) is 12.2 Å². The molecular formula is C23H25N3O2S. The Hall–Kier alpha value is -2.70. The number of carbonyl (C=O) groups is 1. The predicted molar refractivity (Wildman–Crippen MR) is 115 cm³/mol. The molecule has 3 aromatic rings. The number of aromatic nitrogens is 1. The predicted octanol–water partition coefficient (Wildman–Crippen LogP) is 3.99. The molecule has 1 amide bonds. The van der Waals surface area contributed by atoms with Crippen LogP contribution >= 0.6 is 11.3 Å². The van der Waals surface area contributed by atoms with Crippen molar-refractivity contribution in [2.24, 2.45) is 0 Å². The second-order valence-corrected chi connectivity index (χ2v) is 8.19. The highest BCUT2D eigenvalue weighted by molar-refractivity contribution is 7.09. The van der Waals surface area contributed by atoms with E-state index >= 15 is 0 Å². The molecule has 0 saturated carbocycles. The summed E-state index contributed by atoms with van der Waals surface area (Å²) in [4.78, 5) is 21.5. The van der Waals surface area contributed by atoms with Crippen LogP contribution in [0.4, 0.5) is 0 Å². The number of hydrogen-bond acceptors (Lipinski definition) is 5. The molecule has 1 aromatic heterocycles. The van der Waals surface area contributed by atoms with Crippen LogP contribution in [-0.2, 0) is 13.2 Å². The monoisotopic (exact) mass is 407 g/mol. The molecule has 1 aliphatic heterocycles. The first-order valence-electron chi connectivity index (χ1n) is 9.87. The Balaban J connectivity index is 1.27. The molecule has 0 N–H and O–H groups in total. The van der Waals surface area contributed by atoms with Crippen LogP contribution in [0.5, 0.6) is 5.75 Å². The zero-order chi connectivity index (χ0) is 20.1. The average molecular weight is 408 g/mol. The fraction of sp³-hybridized carbons (Fsp3) is 0.304. The van der Waals surface area contributed by atoms with Gasteiger partial charge in [0, 0.05) is 49.4 Å². The van der Waals surface area contributed by atoms with Crippen LogP contribution in [0.2, 0.25) is 0 Å². The molecule has 1 aliphatic rings. The zero-order valence-corrected chi connectivity index (χ0v) is 17.4. The van der Waals surface area contributed by atoms with Gasteiger partial charge in [-0.3, -0.25) is 9.69 Å². The number of rotatable bonds is 6. The molecule has 150 valence electrons. The summed E-state index contributed by atoms with van der Waals surface area (Å²) in [7, 11) is 0. The molecule has 2 heterocycles. The molecule has 0 atom stereocenters. The molecule has 2 aromatic carbocycles. The molecule has 4 rings (SSSR count). The van der Waals surface area contributed by atoms with E-state index in [0.717, 1.165) is 49.2 Å². The summed E-state index contributed by atoms with van der Waals surface area (Å²) in [6.45, 7) is 6.68. The van der Waals surface area contributed by atoms with Crippen molar-refractivity contribution in [3.63, 3.8) is 0 Å². The number of carbonyl (C=O) groups excluding carboxylic acids is 1. The molecule has 1 saturated heterocycles. The van der Waals surface area contributed by atoms with E-state index in [1.54, 1.807) is 11.3 Å². The van der Waals surface area contributed by atoms with E-state index in [4.69, 9.17) is 4.74 Å². The highest BCUT2D eigenvalue weighted by Crippen LogP contribution is 2.18. The summed E-state index contributed by atoms with van der Waals surface area (Å²) in [5.74, 6) is 0.841.